The zero-order chi connectivity index (χ0) is 13.5. The SMILES string of the molecule is CCNCC(C(C)C)N(C)Cc1ccc(F)cc1. The summed E-state index contributed by atoms with van der Waals surface area (Å²) in [6.07, 6.45) is 0. The van der Waals surface area contributed by atoms with Gasteiger partial charge in [0.15, 0.2) is 0 Å². The van der Waals surface area contributed by atoms with Crippen molar-refractivity contribution in [2.24, 2.45) is 5.92 Å². The molecule has 102 valence electrons. The van der Waals surface area contributed by atoms with Gasteiger partial charge in [-0.15, -0.1) is 0 Å². The standard InChI is InChI=1S/C15H25FN2/c1-5-17-10-15(12(2)3)18(4)11-13-6-8-14(16)9-7-13/h6-9,12,15,17H,5,10-11H2,1-4H3. The Hall–Kier alpha value is -0.930. The Balaban J connectivity index is 2.60. The molecule has 0 spiro atoms. The molecule has 0 fully saturated rings. The summed E-state index contributed by atoms with van der Waals surface area (Å²) in [4.78, 5) is 2.33. The zero-order valence-corrected chi connectivity index (χ0v) is 11.9. The summed E-state index contributed by atoms with van der Waals surface area (Å²) >= 11 is 0. The molecule has 0 aliphatic heterocycles. The maximum Gasteiger partial charge on any atom is 0.123 e. The lowest BCUT2D eigenvalue weighted by atomic mass is 10.0. The van der Waals surface area contributed by atoms with Crippen molar-refractivity contribution in [1.29, 1.82) is 0 Å². The summed E-state index contributed by atoms with van der Waals surface area (Å²) in [6, 6.07) is 7.26. The first-order chi connectivity index (χ1) is 8.54. The van der Waals surface area contributed by atoms with Gasteiger partial charge in [0.05, 0.1) is 0 Å². The second-order valence-electron chi connectivity index (χ2n) is 5.16. The Kier molecular flexibility index (Phi) is 6.30. The molecular weight excluding hydrogens is 227 g/mol. The fourth-order valence-electron chi connectivity index (χ4n) is 2.19. The number of nitrogens with zero attached hydrogens (tertiary/aromatic N) is 1. The molecule has 2 nitrogen and oxygen atoms in total. The first-order valence-corrected chi connectivity index (χ1v) is 6.70. The lowest BCUT2D eigenvalue weighted by Crippen LogP contribution is -2.43. The summed E-state index contributed by atoms with van der Waals surface area (Å²) < 4.78 is 12.9. The van der Waals surface area contributed by atoms with E-state index in [1.165, 1.54) is 12.1 Å². The topological polar surface area (TPSA) is 15.3 Å². The van der Waals surface area contributed by atoms with Crippen LogP contribution in [0.2, 0.25) is 0 Å². The van der Waals surface area contributed by atoms with E-state index >= 15 is 0 Å². The molecular formula is C15H25FN2. The van der Waals surface area contributed by atoms with Crippen LogP contribution in [0.5, 0.6) is 0 Å². The molecule has 1 aromatic rings. The van der Waals surface area contributed by atoms with Crippen LogP contribution in [0.25, 0.3) is 0 Å². The fraction of sp³-hybridized carbons (Fsp3) is 0.600. The number of nitrogens with one attached hydrogen (secondary N) is 1. The summed E-state index contributed by atoms with van der Waals surface area (Å²) in [7, 11) is 2.13. The summed E-state index contributed by atoms with van der Waals surface area (Å²) in [6.45, 7) is 9.44. The Labute approximate surface area is 110 Å². The van der Waals surface area contributed by atoms with E-state index in [0.29, 0.717) is 12.0 Å². The van der Waals surface area contributed by atoms with E-state index in [0.717, 1.165) is 25.2 Å². The molecule has 1 rings (SSSR count). The molecule has 0 radical (unpaired) electrons. The van der Waals surface area contributed by atoms with Gasteiger partial charge in [-0.3, -0.25) is 4.90 Å². The molecule has 1 aromatic carbocycles. The van der Waals surface area contributed by atoms with E-state index in [2.05, 4.69) is 38.0 Å². The Morgan fingerprint density at radius 2 is 1.83 bits per heavy atom. The third kappa shape index (κ3) is 4.75. The second-order valence-corrected chi connectivity index (χ2v) is 5.16. The van der Waals surface area contributed by atoms with E-state index in [-0.39, 0.29) is 5.82 Å². The first-order valence-electron chi connectivity index (χ1n) is 6.70. The van der Waals surface area contributed by atoms with E-state index in [4.69, 9.17) is 0 Å². The maximum atomic E-state index is 12.9. The predicted molar refractivity (Wildman–Crippen MR) is 75.0 cm³/mol. The van der Waals surface area contributed by atoms with Gasteiger partial charge in [0.25, 0.3) is 0 Å². The average Bonchev–Trinajstić information content (AvgIpc) is 2.32. The highest BCUT2D eigenvalue weighted by molar-refractivity contribution is 5.15. The fourth-order valence-corrected chi connectivity index (χ4v) is 2.19. The van der Waals surface area contributed by atoms with Crippen molar-refractivity contribution in [2.75, 3.05) is 20.1 Å². The molecule has 0 aliphatic carbocycles. The molecule has 0 aromatic heterocycles. The Morgan fingerprint density at radius 1 is 1.22 bits per heavy atom. The summed E-state index contributed by atoms with van der Waals surface area (Å²) in [5, 5.41) is 3.40. The molecule has 18 heavy (non-hydrogen) atoms. The lowest BCUT2D eigenvalue weighted by molar-refractivity contribution is 0.180. The van der Waals surface area contributed by atoms with Crippen LogP contribution in [-0.4, -0.2) is 31.1 Å². The van der Waals surface area contributed by atoms with Gasteiger partial charge in [-0.1, -0.05) is 32.9 Å². The van der Waals surface area contributed by atoms with Crippen LogP contribution in [0.4, 0.5) is 4.39 Å². The van der Waals surface area contributed by atoms with Crippen LogP contribution >= 0.6 is 0 Å². The number of hydrogen-bond donors (Lipinski definition) is 1. The third-order valence-electron chi connectivity index (χ3n) is 3.28. The van der Waals surface area contributed by atoms with Gasteiger partial charge in [-0.25, -0.2) is 4.39 Å². The highest BCUT2D eigenvalue weighted by Crippen LogP contribution is 2.13. The Bertz CT molecular complexity index is 335. The minimum Gasteiger partial charge on any atom is -0.315 e. The minimum absolute atomic E-state index is 0.172. The van der Waals surface area contributed by atoms with Crippen molar-refractivity contribution < 1.29 is 4.39 Å². The van der Waals surface area contributed by atoms with Crippen molar-refractivity contribution in [3.05, 3.63) is 35.6 Å². The number of halogens is 1. The van der Waals surface area contributed by atoms with Gasteiger partial charge in [0, 0.05) is 19.1 Å². The van der Waals surface area contributed by atoms with Gasteiger partial charge < -0.3 is 5.32 Å². The highest BCUT2D eigenvalue weighted by atomic mass is 19.1. The van der Waals surface area contributed by atoms with Gasteiger partial charge >= 0.3 is 0 Å². The lowest BCUT2D eigenvalue weighted by Gasteiger charge is -2.31. The zero-order valence-electron chi connectivity index (χ0n) is 11.9. The summed E-state index contributed by atoms with van der Waals surface area (Å²) in [5.41, 5.74) is 1.15. The second kappa shape index (κ2) is 7.49. The maximum absolute atomic E-state index is 12.9. The number of hydrogen-bond acceptors (Lipinski definition) is 2. The van der Waals surface area contributed by atoms with Crippen molar-refractivity contribution in [3.63, 3.8) is 0 Å². The van der Waals surface area contributed by atoms with E-state index in [9.17, 15) is 4.39 Å². The van der Waals surface area contributed by atoms with Crippen LogP contribution in [0.3, 0.4) is 0 Å². The number of rotatable bonds is 7. The quantitative estimate of drug-likeness (QED) is 0.802. The van der Waals surface area contributed by atoms with Crippen LogP contribution in [0, 0.1) is 11.7 Å². The van der Waals surface area contributed by atoms with Crippen LogP contribution in [0.15, 0.2) is 24.3 Å². The molecule has 0 heterocycles. The van der Waals surface area contributed by atoms with Crippen molar-refractivity contribution in [1.82, 2.24) is 10.2 Å². The van der Waals surface area contributed by atoms with Crippen molar-refractivity contribution >= 4 is 0 Å². The molecule has 1 unspecified atom stereocenters. The normalized spacial score (nSPS) is 13.3. The molecule has 3 heteroatoms. The molecule has 0 aliphatic rings. The van der Waals surface area contributed by atoms with E-state index in [1.54, 1.807) is 0 Å². The van der Waals surface area contributed by atoms with Gasteiger partial charge in [-0.05, 0) is 37.2 Å². The van der Waals surface area contributed by atoms with Crippen molar-refractivity contribution in [3.8, 4) is 0 Å². The predicted octanol–water partition coefficient (Wildman–Crippen LogP) is 2.89. The molecule has 0 saturated carbocycles. The molecule has 0 bridgehead atoms. The van der Waals surface area contributed by atoms with Gasteiger partial charge in [-0.2, -0.15) is 0 Å². The monoisotopic (exact) mass is 252 g/mol. The van der Waals surface area contributed by atoms with Crippen molar-refractivity contribution in [2.45, 2.75) is 33.4 Å². The van der Waals surface area contributed by atoms with Crippen LogP contribution in [-0.2, 0) is 6.54 Å². The van der Waals surface area contributed by atoms with Crippen LogP contribution in [0.1, 0.15) is 26.3 Å². The first kappa shape index (κ1) is 15.1. The number of likely N-dealkylation sites (N-methyl/N-ethyl adjacent to an activating group) is 2. The van der Waals surface area contributed by atoms with E-state index < -0.39 is 0 Å². The summed E-state index contributed by atoms with van der Waals surface area (Å²) in [5.74, 6) is 0.420. The van der Waals surface area contributed by atoms with Gasteiger partial charge in [0.1, 0.15) is 5.82 Å². The highest BCUT2D eigenvalue weighted by Gasteiger charge is 2.18. The molecule has 1 N–H and O–H groups in total. The number of benzene rings is 1. The molecule has 0 amide bonds. The molecule has 0 saturated heterocycles. The minimum atomic E-state index is -0.172. The largest absolute Gasteiger partial charge is 0.315 e. The third-order valence-corrected chi connectivity index (χ3v) is 3.28. The van der Waals surface area contributed by atoms with E-state index in [1.807, 2.05) is 12.1 Å². The van der Waals surface area contributed by atoms with Gasteiger partial charge in [0.2, 0.25) is 0 Å². The van der Waals surface area contributed by atoms with Crippen LogP contribution < -0.4 is 5.32 Å². The Morgan fingerprint density at radius 3 is 2.33 bits per heavy atom. The smallest absolute Gasteiger partial charge is 0.123 e. The average molecular weight is 252 g/mol. The molecule has 1 atom stereocenters.